The first-order chi connectivity index (χ1) is 11.6. The minimum Gasteiger partial charge on any atom is -0.381 e. The number of ether oxygens (including phenoxy) is 1. The highest BCUT2D eigenvalue weighted by Gasteiger charge is 2.32. The third-order valence-corrected chi connectivity index (χ3v) is 4.89. The summed E-state index contributed by atoms with van der Waals surface area (Å²) < 4.78 is 5.43. The third-order valence-electron chi connectivity index (χ3n) is 4.89. The largest absolute Gasteiger partial charge is 0.381 e. The zero-order valence-corrected chi connectivity index (χ0v) is 14.0. The van der Waals surface area contributed by atoms with Crippen molar-refractivity contribution in [3.05, 3.63) is 29.6 Å². The molecule has 24 heavy (non-hydrogen) atoms. The van der Waals surface area contributed by atoms with Crippen LogP contribution in [-0.4, -0.2) is 71.5 Å². The van der Waals surface area contributed by atoms with Crippen molar-refractivity contribution in [2.75, 3.05) is 32.8 Å². The third kappa shape index (κ3) is 3.57. The van der Waals surface area contributed by atoms with Crippen molar-refractivity contribution in [3.8, 4) is 0 Å². The Hall–Kier alpha value is -1.99. The number of amides is 2. The molecule has 3 rings (SSSR count). The normalized spacial score (nSPS) is 23.2. The SMILES string of the molecule is C[C@@H]1CN(C2CCOCC2)CCN1C(=O)c1ccc(C(N)=O)nc1. The molecule has 0 spiro atoms. The van der Waals surface area contributed by atoms with Gasteiger partial charge in [-0.2, -0.15) is 0 Å². The number of carbonyl (C=O) groups is 2. The van der Waals surface area contributed by atoms with E-state index in [2.05, 4.69) is 16.8 Å². The highest BCUT2D eigenvalue weighted by atomic mass is 16.5. The van der Waals surface area contributed by atoms with E-state index in [-0.39, 0.29) is 17.6 Å². The van der Waals surface area contributed by atoms with E-state index in [1.165, 1.54) is 12.3 Å². The number of primary amides is 1. The molecular weight excluding hydrogens is 308 g/mol. The highest BCUT2D eigenvalue weighted by Crippen LogP contribution is 2.20. The number of piperazine rings is 1. The van der Waals surface area contributed by atoms with Crippen LogP contribution in [0.15, 0.2) is 18.3 Å². The molecule has 0 aromatic carbocycles. The summed E-state index contributed by atoms with van der Waals surface area (Å²) >= 11 is 0. The van der Waals surface area contributed by atoms with Crippen molar-refractivity contribution in [2.24, 2.45) is 5.73 Å². The molecule has 3 heterocycles. The quantitative estimate of drug-likeness (QED) is 0.871. The molecule has 1 aromatic heterocycles. The summed E-state index contributed by atoms with van der Waals surface area (Å²) in [6.07, 6.45) is 3.57. The van der Waals surface area contributed by atoms with Crippen molar-refractivity contribution in [1.29, 1.82) is 0 Å². The van der Waals surface area contributed by atoms with Gasteiger partial charge >= 0.3 is 0 Å². The molecule has 0 radical (unpaired) electrons. The molecule has 0 aliphatic carbocycles. The molecule has 0 unspecified atom stereocenters. The lowest BCUT2D eigenvalue weighted by Crippen LogP contribution is -2.57. The van der Waals surface area contributed by atoms with Crippen molar-refractivity contribution in [2.45, 2.75) is 31.8 Å². The number of pyridine rings is 1. The van der Waals surface area contributed by atoms with Gasteiger partial charge in [-0.05, 0) is 31.9 Å². The fourth-order valence-corrected chi connectivity index (χ4v) is 3.50. The Balaban J connectivity index is 1.63. The Labute approximate surface area is 141 Å². The van der Waals surface area contributed by atoms with Gasteiger partial charge in [-0.25, -0.2) is 0 Å². The maximum Gasteiger partial charge on any atom is 0.267 e. The summed E-state index contributed by atoms with van der Waals surface area (Å²) in [6, 6.07) is 3.82. The van der Waals surface area contributed by atoms with Crippen LogP contribution < -0.4 is 5.73 Å². The maximum absolute atomic E-state index is 12.7. The van der Waals surface area contributed by atoms with Gasteiger partial charge in [0.15, 0.2) is 0 Å². The zero-order chi connectivity index (χ0) is 17.1. The van der Waals surface area contributed by atoms with E-state index in [0.717, 1.165) is 39.1 Å². The zero-order valence-electron chi connectivity index (χ0n) is 14.0. The molecule has 2 saturated heterocycles. The molecule has 0 bridgehead atoms. The summed E-state index contributed by atoms with van der Waals surface area (Å²) in [7, 11) is 0. The molecule has 2 aliphatic rings. The standard InChI is InChI=1S/C17H24N4O3/c1-12-11-20(14-4-8-24-9-5-14)6-7-21(12)17(23)13-2-3-15(16(18)22)19-10-13/h2-3,10,12,14H,4-9,11H2,1H3,(H2,18,22)/t12-/m1/s1. The van der Waals surface area contributed by atoms with Crippen molar-refractivity contribution >= 4 is 11.8 Å². The van der Waals surface area contributed by atoms with Gasteiger partial charge in [-0.1, -0.05) is 0 Å². The molecule has 2 amide bonds. The lowest BCUT2D eigenvalue weighted by Gasteiger charge is -2.44. The first-order valence-electron chi connectivity index (χ1n) is 8.45. The van der Waals surface area contributed by atoms with Crippen LogP contribution in [0.25, 0.3) is 0 Å². The van der Waals surface area contributed by atoms with Crippen LogP contribution in [0.2, 0.25) is 0 Å². The number of nitrogens with two attached hydrogens (primary N) is 1. The average Bonchev–Trinajstić information content (AvgIpc) is 2.62. The van der Waals surface area contributed by atoms with E-state index < -0.39 is 5.91 Å². The summed E-state index contributed by atoms with van der Waals surface area (Å²) in [6.45, 7) is 6.20. The number of carbonyl (C=O) groups excluding carboxylic acids is 2. The van der Waals surface area contributed by atoms with Crippen molar-refractivity contribution < 1.29 is 14.3 Å². The number of hydrogen-bond donors (Lipinski definition) is 1. The van der Waals surface area contributed by atoms with Gasteiger partial charge in [0.2, 0.25) is 0 Å². The number of hydrogen-bond acceptors (Lipinski definition) is 5. The minimum atomic E-state index is -0.590. The molecule has 0 saturated carbocycles. The van der Waals surface area contributed by atoms with Crippen LogP contribution in [0.4, 0.5) is 0 Å². The van der Waals surface area contributed by atoms with Crippen LogP contribution in [0.3, 0.4) is 0 Å². The first kappa shape index (κ1) is 16.9. The summed E-state index contributed by atoms with van der Waals surface area (Å²) in [4.78, 5) is 32.1. The van der Waals surface area contributed by atoms with E-state index in [1.807, 2.05) is 4.90 Å². The van der Waals surface area contributed by atoms with Crippen molar-refractivity contribution in [3.63, 3.8) is 0 Å². The number of aromatic nitrogens is 1. The van der Waals surface area contributed by atoms with Crippen LogP contribution in [0, 0.1) is 0 Å². The second-order valence-electron chi connectivity index (χ2n) is 6.48. The van der Waals surface area contributed by atoms with E-state index in [9.17, 15) is 9.59 Å². The summed E-state index contributed by atoms with van der Waals surface area (Å²) in [5.41, 5.74) is 5.84. The Bertz CT molecular complexity index is 598. The van der Waals surface area contributed by atoms with Gasteiger partial charge in [-0.15, -0.1) is 0 Å². The molecule has 130 valence electrons. The van der Waals surface area contributed by atoms with Gasteiger partial charge in [0, 0.05) is 51.1 Å². The first-order valence-corrected chi connectivity index (χ1v) is 8.45. The number of nitrogens with zero attached hydrogens (tertiary/aromatic N) is 3. The molecule has 1 aromatic rings. The Morgan fingerprint density at radius 1 is 1.25 bits per heavy atom. The molecular formula is C17H24N4O3. The van der Waals surface area contributed by atoms with Gasteiger partial charge in [0.05, 0.1) is 5.56 Å². The molecule has 2 aliphatic heterocycles. The average molecular weight is 332 g/mol. The molecule has 7 heteroatoms. The molecule has 1 atom stereocenters. The van der Waals surface area contributed by atoms with E-state index in [0.29, 0.717) is 18.2 Å². The van der Waals surface area contributed by atoms with Crippen LogP contribution in [-0.2, 0) is 4.74 Å². The van der Waals surface area contributed by atoms with E-state index >= 15 is 0 Å². The highest BCUT2D eigenvalue weighted by molar-refractivity contribution is 5.96. The second-order valence-corrected chi connectivity index (χ2v) is 6.48. The Morgan fingerprint density at radius 2 is 2.00 bits per heavy atom. The number of rotatable bonds is 3. The fourth-order valence-electron chi connectivity index (χ4n) is 3.50. The monoisotopic (exact) mass is 332 g/mol. The fraction of sp³-hybridized carbons (Fsp3) is 0.588. The van der Waals surface area contributed by atoms with Crippen molar-refractivity contribution in [1.82, 2.24) is 14.8 Å². The van der Waals surface area contributed by atoms with E-state index in [4.69, 9.17) is 10.5 Å². The predicted octanol–water partition coefficient (Wildman–Crippen LogP) is 0.506. The minimum absolute atomic E-state index is 0.0438. The van der Waals surface area contributed by atoms with Gasteiger partial charge in [-0.3, -0.25) is 19.5 Å². The smallest absolute Gasteiger partial charge is 0.267 e. The van der Waals surface area contributed by atoms with Crippen LogP contribution in [0.5, 0.6) is 0 Å². The molecule has 7 nitrogen and oxygen atoms in total. The maximum atomic E-state index is 12.7. The van der Waals surface area contributed by atoms with Crippen LogP contribution >= 0.6 is 0 Å². The topological polar surface area (TPSA) is 88.8 Å². The van der Waals surface area contributed by atoms with Crippen LogP contribution in [0.1, 0.15) is 40.6 Å². The second kappa shape index (κ2) is 7.27. The lowest BCUT2D eigenvalue weighted by molar-refractivity contribution is 0.000699. The van der Waals surface area contributed by atoms with E-state index in [1.54, 1.807) is 6.07 Å². The summed E-state index contributed by atoms with van der Waals surface area (Å²) in [5, 5.41) is 0. The molecule has 2 N–H and O–H groups in total. The Kier molecular flexibility index (Phi) is 5.11. The predicted molar refractivity (Wildman–Crippen MR) is 88.7 cm³/mol. The molecule has 2 fully saturated rings. The summed E-state index contributed by atoms with van der Waals surface area (Å²) in [5.74, 6) is -0.634. The van der Waals surface area contributed by atoms with Gasteiger partial charge < -0.3 is 15.4 Å². The van der Waals surface area contributed by atoms with Gasteiger partial charge in [0.1, 0.15) is 5.69 Å². The van der Waals surface area contributed by atoms with Gasteiger partial charge in [0.25, 0.3) is 11.8 Å². The lowest BCUT2D eigenvalue weighted by atomic mass is 10.0. The Morgan fingerprint density at radius 3 is 2.58 bits per heavy atom.